The summed E-state index contributed by atoms with van der Waals surface area (Å²) >= 11 is 0. The summed E-state index contributed by atoms with van der Waals surface area (Å²) in [4.78, 5) is 23.9. The second kappa shape index (κ2) is 6.32. The number of nitro benzene ring substituents is 1. The Balaban J connectivity index is 1.95. The number of amides is 1. The van der Waals surface area contributed by atoms with Gasteiger partial charge >= 0.3 is 0 Å². The Labute approximate surface area is 118 Å². The first-order valence-corrected chi connectivity index (χ1v) is 6.77. The number of piperidine rings is 1. The monoisotopic (exact) mass is 274 g/mol. The minimum Gasteiger partial charge on any atom is -0.339 e. The van der Waals surface area contributed by atoms with Crippen molar-refractivity contribution >= 4 is 17.7 Å². The highest BCUT2D eigenvalue weighted by molar-refractivity contribution is 5.91. The summed E-state index contributed by atoms with van der Waals surface area (Å²) < 4.78 is 0. The first-order valence-electron chi connectivity index (χ1n) is 6.77. The second-order valence-electron chi connectivity index (χ2n) is 5.19. The van der Waals surface area contributed by atoms with Crippen LogP contribution in [0.25, 0.3) is 6.08 Å². The standard InChI is InChI=1S/C15H18N2O3/c1-12-8-10-16(11-9-12)15(18)7-4-13-2-5-14(6-3-13)17(19)20/h2-7,12H,8-11H2,1H3/b7-4+. The van der Waals surface area contributed by atoms with Crippen molar-refractivity contribution in [1.29, 1.82) is 0 Å². The van der Waals surface area contributed by atoms with Crippen molar-refractivity contribution in [1.82, 2.24) is 4.90 Å². The van der Waals surface area contributed by atoms with Gasteiger partial charge in [0.1, 0.15) is 0 Å². The van der Waals surface area contributed by atoms with Gasteiger partial charge in [0.15, 0.2) is 0 Å². The molecule has 0 saturated carbocycles. The van der Waals surface area contributed by atoms with E-state index >= 15 is 0 Å². The van der Waals surface area contributed by atoms with E-state index in [9.17, 15) is 14.9 Å². The SMILES string of the molecule is CC1CCN(C(=O)/C=C/c2ccc([N+](=O)[O-])cc2)CC1. The Hall–Kier alpha value is -2.17. The van der Waals surface area contributed by atoms with Crippen LogP contribution in [0.4, 0.5) is 5.69 Å². The molecule has 1 amide bonds. The highest BCUT2D eigenvalue weighted by Gasteiger charge is 2.18. The Bertz CT molecular complexity index is 514. The van der Waals surface area contributed by atoms with E-state index in [1.165, 1.54) is 18.2 Å². The number of non-ortho nitro benzene ring substituents is 1. The second-order valence-corrected chi connectivity index (χ2v) is 5.19. The summed E-state index contributed by atoms with van der Waals surface area (Å²) in [6.07, 6.45) is 5.34. The van der Waals surface area contributed by atoms with E-state index in [-0.39, 0.29) is 11.6 Å². The number of nitro groups is 1. The van der Waals surface area contributed by atoms with E-state index in [2.05, 4.69) is 6.92 Å². The van der Waals surface area contributed by atoms with Crippen molar-refractivity contribution in [2.45, 2.75) is 19.8 Å². The molecule has 1 aliphatic rings. The summed E-state index contributed by atoms with van der Waals surface area (Å²) in [6, 6.07) is 6.15. The Morgan fingerprint density at radius 3 is 2.45 bits per heavy atom. The van der Waals surface area contributed by atoms with Crippen molar-refractivity contribution in [3.63, 3.8) is 0 Å². The van der Waals surface area contributed by atoms with Gasteiger partial charge in [-0.15, -0.1) is 0 Å². The molecule has 0 N–H and O–H groups in total. The lowest BCUT2D eigenvalue weighted by molar-refractivity contribution is -0.384. The largest absolute Gasteiger partial charge is 0.339 e. The normalized spacial score (nSPS) is 16.6. The van der Waals surface area contributed by atoms with Gasteiger partial charge in [0.25, 0.3) is 5.69 Å². The van der Waals surface area contributed by atoms with Gasteiger partial charge < -0.3 is 4.90 Å². The molecule has 0 unspecified atom stereocenters. The van der Waals surface area contributed by atoms with E-state index in [0.717, 1.165) is 31.5 Å². The molecule has 5 heteroatoms. The van der Waals surface area contributed by atoms with Crippen LogP contribution in [0.5, 0.6) is 0 Å². The summed E-state index contributed by atoms with van der Waals surface area (Å²) in [5, 5.41) is 10.5. The molecule has 1 heterocycles. The average Bonchev–Trinajstić information content (AvgIpc) is 2.46. The number of carbonyl (C=O) groups is 1. The molecule has 1 saturated heterocycles. The molecule has 1 fully saturated rings. The maximum absolute atomic E-state index is 12.0. The van der Waals surface area contributed by atoms with Crippen LogP contribution in [-0.4, -0.2) is 28.8 Å². The van der Waals surface area contributed by atoms with Crippen molar-refractivity contribution in [2.24, 2.45) is 5.92 Å². The molecule has 1 aromatic carbocycles. The van der Waals surface area contributed by atoms with Gasteiger partial charge in [0, 0.05) is 31.3 Å². The Kier molecular flexibility index (Phi) is 4.50. The third kappa shape index (κ3) is 3.66. The maximum atomic E-state index is 12.0. The van der Waals surface area contributed by atoms with Crippen LogP contribution in [0.3, 0.4) is 0 Å². The van der Waals surface area contributed by atoms with Gasteiger partial charge in [-0.2, -0.15) is 0 Å². The zero-order chi connectivity index (χ0) is 14.5. The van der Waals surface area contributed by atoms with E-state index in [4.69, 9.17) is 0 Å². The van der Waals surface area contributed by atoms with Crippen LogP contribution < -0.4 is 0 Å². The molecule has 20 heavy (non-hydrogen) atoms. The summed E-state index contributed by atoms with van der Waals surface area (Å²) in [5.41, 5.74) is 0.841. The van der Waals surface area contributed by atoms with E-state index in [1.807, 2.05) is 4.90 Å². The molecule has 1 aliphatic heterocycles. The van der Waals surface area contributed by atoms with Crippen molar-refractivity contribution in [3.05, 3.63) is 46.0 Å². The molecule has 0 radical (unpaired) electrons. The number of rotatable bonds is 3. The lowest BCUT2D eigenvalue weighted by Crippen LogP contribution is -2.36. The Morgan fingerprint density at radius 1 is 1.30 bits per heavy atom. The van der Waals surface area contributed by atoms with E-state index in [1.54, 1.807) is 18.2 Å². The molecule has 0 spiro atoms. The van der Waals surface area contributed by atoms with Crippen molar-refractivity contribution in [2.75, 3.05) is 13.1 Å². The third-order valence-electron chi connectivity index (χ3n) is 3.62. The van der Waals surface area contributed by atoms with Gasteiger partial charge in [-0.05, 0) is 42.5 Å². The third-order valence-corrected chi connectivity index (χ3v) is 3.62. The van der Waals surface area contributed by atoms with E-state index in [0.29, 0.717) is 5.92 Å². The first-order chi connectivity index (χ1) is 9.56. The van der Waals surface area contributed by atoms with Crippen LogP contribution in [-0.2, 0) is 4.79 Å². The fraction of sp³-hybridized carbons (Fsp3) is 0.400. The zero-order valence-electron chi connectivity index (χ0n) is 11.5. The average molecular weight is 274 g/mol. The molecule has 0 bridgehead atoms. The fourth-order valence-corrected chi connectivity index (χ4v) is 2.21. The molecule has 5 nitrogen and oxygen atoms in total. The molecule has 2 rings (SSSR count). The van der Waals surface area contributed by atoms with Gasteiger partial charge in [0.2, 0.25) is 5.91 Å². The van der Waals surface area contributed by atoms with Gasteiger partial charge in [-0.25, -0.2) is 0 Å². The lowest BCUT2D eigenvalue weighted by Gasteiger charge is -2.29. The number of likely N-dealkylation sites (tertiary alicyclic amines) is 1. The molecular weight excluding hydrogens is 256 g/mol. The number of nitrogens with zero attached hydrogens (tertiary/aromatic N) is 2. The quantitative estimate of drug-likeness (QED) is 0.483. The minimum atomic E-state index is -0.437. The smallest absolute Gasteiger partial charge is 0.269 e. The van der Waals surface area contributed by atoms with Crippen LogP contribution >= 0.6 is 0 Å². The van der Waals surface area contributed by atoms with Crippen LogP contribution in [0, 0.1) is 16.0 Å². The molecule has 106 valence electrons. The lowest BCUT2D eigenvalue weighted by atomic mass is 9.99. The number of hydrogen-bond donors (Lipinski definition) is 0. The molecule has 1 aromatic rings. The maximum Gasteiger partial charge on any atom is 0.269 e. The number of hydrogen-bond acceptors (Lipinski definition) is 3. The van der Waals surface area contributed by atoms with Crippen LogP contribution in [0.15, 0.2) is 30.3 Å². The van der Waals surface area contributed by atoms with E-state index < -0.39 is 4.92 Å². The van der Waals surface area contributed by atoms with Crippen LogP contribution in [0.2, 0.25) is 0 Å². The number of benzene rings is 1. The summed E-state index contributed by atoms with van der Waals surface area (Å²) in [7, 11) is 0. The molecule has 0 atom stereocenters. The molecule has 0 aromatic heterocycles. The minimum absolute atomic E-state index is 0.00949. The summed E-state index contributed by atoms with van der Waals surface area (Å²) in [6.45, 7) is 3.82. The Morgan fingerprint density at radius 2 is 1.90 bits per heavy atom. The predicted molar refractivity (Wildman–Crippen MR) is 77.1 cm³/mol. The van der Waals surface area contributed by atoms with Gasteiger partial charge in [-0.3, -0.25) is 14.9 Å². The fourth-order valence-electron chi connectivity index (χ4n) is 2.21. The predicted octanol–water partition coefficient (Wildman–Crippen LogP) is 2.87. The topological polar surface area (TPSA) is 63.5 Å². The highest BCUT2D eigenvalue weighted by atomic mass is 16.6. The van der Waals surface area contributed by atoms with Crippen molar-refractivity contribution in [3.8, 4) is 0 Å². The molecule has 0 aliphatic carbocycles. The van der Waals surface area contributed by atoms with Gasteiger partial charge in [0.05, 0.1) is 4.92 Å². The highest BCUT2D eigenvalue weighted by Crippen LogP contribution is 2.17. The van der Waals surface area contributed by atoms with Crippen LogP contribution in [0.1, 0.15) is 25.3 Å². The number of carbonyl (C=O) groups excluding carboxylic acids is 1. The van der Waals surface area contributed by atoms with Crippen molar-refractivity contribution < 1.29 is 9.72 Å². The zero-order valence-corrected chi connectivity index (χ0v) is 11.5. The van der Waals surface area contributed by atoms with Gasteiger partial charge in [-0.1, -0.05) is 6.92 Å². The molecular formula is C15H18N2O3. The summed E-state index contributed by atoms with van der Waals surface area (Å²) in [5.74, 6) is 0.702. The first kappa shape index (κ1) is 14.2.